The van der Waals surface area contributed by atoms with Gasteiger partial charge in [0.1, 0.15) is 17.4 Å². The molecule has 0 radical (unpaired) electrons. The molecule has 1 atom stereocenters. The second-order valence-electron chi connectivity index (χ2n) is 4.20. The van der Waals surface area contributed by atoms with E-state index in [1.54, 1.807) is 0 Å². The van der Waals surface area contributed by atoms with Crippen molar-refractivity contribution < 1.29 is 13.2 Å². The molecule has 0 amide bonds. The zero-order valence-electron chi connectivity index (χ0n) is 10.6. The predicted octanol–water partition coefficient (Wildman–Crippen LogP) is 3.36. The Kier molecular flexibility index (Phi) is 4.21. The summed E-state index contributed by atoms with van der Waals surface area (Å²) in [5, 5.41) is 0.507. The van der Waals surface area contributed by atoms with Gasteiger partial charge < -0.3 is 10.2 Å². The van der Waals surface area contributed by atoms with Crippen LogP contribution >= 0.6 is 11.8 Å². The number of thioether (sulfide) groups is 1. The molecule has 102 valence electrons. The van der Waals surface area contributed by atoms with Crippen molar-refractivity contribution in [1.29, 1.82) is 0 Å². The lowest BCUT2D eigenvalue weighted by molar-refractivity contribution is 0.430. The molecule has 1 aromatic carbocycles. The predicted molar refractivity (Wildman–Crippen MR) is 70.0 cm³/mol. The van der Waals surface area contributed by atoms with E-state index >= 15 is 0 Å². The van der Waals surface area contributed by atoms with Crippen molar-refractivity contribution >= 4 is 11.8 Å². The highest BCUT2D eigenvalue weighted by molar-refractivity contribution is 7.99. The van der Waals surface area contributed by atoms with Crippen molar-refractivity contribution in [3.05, 3.63) is 46.9 Å². The third-order valence-corrected chi connectivity index (χ3v) is 3.70. The summed E-state index contributed by atoms with van der Waals surface area (Å²) in [6.45, 7) is 3.68. The summed E-state index contributed by atoms with van der Waals surface area (Å²) in [5.74, 6) is -0.0842. The van der Waals surface area contributed by atoms with Gasteiger partial charge in [0, 0.05) is 23.4 Å². The Labute approximate surface area is 114 Å². The lowest BCUT2D eigenvalue weighted by Crippen LogP contribution is -2.14. The van der Waals surface area contributed by atoms with Crippen LogP contribution in [0.25, 0.3) is 0 Å². The average Bonchev–Trinajstić information content (AvgIpc) is 2.66. The number of hydrogen-bond acceptors (Lipinski definition) is 4. The van der Waals surface area contributed by atoms with Crippen LogP contribution in [0.15, 0.2) is 27.8 Å². The standard InChI is InChI=1S/C13H14F2N2OS/c1-7-8(2)18-13(17-7)19-6-12(16)10-4-3-9(14)5-11(10)15/h3-5,12H,6,16H2,1-2H3. The van der Waals surface area contributed by atoms with Gasteiger partial charge in [-0.25, -0.2) is 13.8 Å². The smallest absolute Gasteiger partial charge is 0.256 e. The number of rotatable bonds is 4. The molecule has 2 rings (SSSR count). The number of aryl methyl sites for hydroxylation is 2. The molecule has 0 saturated carbocycles. The summed E-state index contributed by atoms with van der Waals surface area (Å²) in [5.41, 5.74) is 7.00. The average molecular weight is 284 g/mol. The number of nitrogens with zero attached hydrogens (tertiary/aromatic N) is 1. The largest absolute Gasteiger partial charge is 0.437 e. The van der Waals surface area contributed by atoms with Crippen molar-refractivity contribution in [2.75, 3.05) is 5.75 Å². The van der Waals surface area contributed by atoms with Gasteiger partial charge in [0.05, 0.1) is 5.69 Å². The molecule has 0 aliphatic heterocycles. The van der Waals surface area contributed by atoms with Crippen LogP contribution in [-0.4, -0.2) is 10.7 Å². The Bertz CT molecular complexity index is 567. The Balaban J connectivity index is 2.03. The van der Waals surface area contributed by atoms with Gasteiger partial charge in [-0.2, -0.15) is 0 Å². The molecule has 2 N–H and O–H groups in total. The summed E-state index contributed by atoms with van der Waals surface area (Å²) in [7, 11) is 0. The number of benzene rings is 1. The highest BCUT2D eigenvalue weighted by atomic mass is 32.2. The normalized spacial score (nSPS) is 12.7. The van der Waals surface area contributed by atoms with Crippen LogP contribution < -0.4 is 5.73 Å². The molecule has 19 heavy (non-hydrogen) atoms. The molecule has 0 saturated heterocycles. The Morgan fingerprint density at radius 3 is 2.68 bits per heavy atom. The fourth-order valence-electron chi connectivity index (χ4n) is 1.56. The van der Waals surface area contributed by atoms with E-state index in [2.05, 4.69) is 4.98 Å². The first-order chi connectivity index (χ1) is 8.97. The Morgan fingerprint density at radius 1 is 1.37 bits per heavy atom. The Morgan fingerprint density at radius 2 is 2.11 bits per heavy atom. The second-order valence-corrected chi connectivity index (χ2v) is 5.18. The van der Waals surface area contributed by atoms with Crippen LogP contribution in [0, 0.1) is 25.5 Å². The summed E-state index contributed by atoms with van der Waals surface area (Å²) < 4.78 is 31.7. The van der Waals surface area contributed by atoms with E-state index in [0.717, 1.165) is 17.5 Å². The van der Waals surface area contributed by atoms with Gasteiger partial charge in [0.15, 0.2) is 0 Å². The first-order valence-electron chi connectivity index (χ1n) is 5.74. The maximum atomic E-state index is 13.5. The van der Waals surface area contributed by atoms with E-state index in [9.17, 15) is 8.78 Å². The van der Waals surface area contributed by atoms with Crippen LogP contribution in [0.1, 0.15) is 23.1 Å². The highest BCUT2D eigenvalue weighted by Crippen LogP contribution is 2.25. The number of oxazole rings is 1. The molecule has 0 aliphatic carbocycles. The number of aromatic nitrogens is 1. The molecule has 2 aromatic rings. The van der Waals surface area contributed by atoms with E-state index in [0.29, 0.717) is 11.0 Å². The first kappa shape index (κ1) is 14.0. The van der Waals surface area contributed by atoms with Gasteiger partial charge in [0.25, 0.3) is 5.22 Å². The molecule has 1 unspecified atom stereocenters. The fourth-order valence-corrected chi connectivity index (χ4v) is 2.45. The van der Waals surface area contributed by atoms with Crippen molar-refractivity contribution in [3.8, 4) is 0 Å². The lowest BCUT2D eigenvalue weighted by atomic mass is 10.1. The minimum atomic E-state index is -0.632. The molecule has 0 fully saturated rings. The minimum Gasteiger partial charge on any atom is -0.437 e. The van der Waals surface area contributed by atoms with Gasteiger partial charge in [-0.3, -0.25) is 0 Å². The third kappa shape index (κ3) is 3.33. The van der Waals surface area contributed by atoms with Crippen molar-refractivity contribution in [2.24, 2.45) is 5.73 Å². The molecule has 0 bridgehead atoms. The van der Waals surface area contributed by atoms with Crippen molar-refractivity contribution in [1.82, 2.24) is 4.98 Å². The summed E-state index contributed by atoms with van der Waals surface area (Å²) in [6.07, 6.45) is 0. The first-order valence-corrected chi connectivity index (χ1v) is 6.73. The second kappa shape index (κ2) is 5.71. The highest BCUT2D eigenvalue weighted by Gasteiger charge is 2.14. The quantitative estimate of drug-likeness (QED) is 0.875. The van der Waals surface area contributed by atoms with Crippen LogP contribution in [0.3, 0.4) is 0 Å². The molecule has 1 aromatic heterocycles. The van der Waals surface area contributed by atoms with E-state index in [1.165, 1.54) is 23.9 Å². The minimum absolute atomic E-state index is 0.286. The zero-order chi connectivity index (χ0) is 14.0. The summed E-state index contributed by atoms with van der Waals surface area (Å²) in [4.78, 5) is 4.20. The molecule has 3 nitrogen and oxygen atoms in total. The van der Waals surface area contributed by atoms with Crippen molar-refractivity contribution in [3.63, 3.8) is 0 Å². The van der Waals surface area contributed by atoms with Crippen LogP contribution in [0.4, 0.5) is 8.78 Å². The molecular formula is C13H14F2N2OS. The zero-order valence-corrected chi connectivity index (χ0v) is 11.4. The molecular weight excluding hydrogens is 270 g/mol. The fraction of sp³-hybridized carbons (Fsp3) is 0.308. The van der Waals surface area contributed by atoms with Crippen molar-refractivity contribution in [2.45, 2.75) is 25.1 Å². The van der Waals surface area contributed by atoms with Gasteiger partial charge in [0.2, 0.25) is 0 Å². The van der Waals surface area contributed by atoms with E-state index in [-0.39, 0.29) is 5.56 Å². The summed E-state index contributed by atoms with van der Waals surface area (Å²) in [6, 6.07) is 2.85. The van der Waals surface area contributed by atoms with E-state index in [1.807, 2.05) is 13.8 Å². The number of nitrogens with two attached hydrogens (primary N) is 1. The number of hydrogen-bond donors (Lipinski definition) is 1. The molecule has 1 heterocycles. The Hall–Kier alpha value is -1.40. The molecule has 0 spiro atoms. The molecule has 6 heteroatoms. The van der Waals surface area contributed by atoms with Crippen LogP contribution in [-0.2, 0) is 0 Å². The van der Waals surface area contributed by atoms with E-state index in [4.69, 9.17) is 10.2 Å². The third-order valence-electron chi connectivity index (χ3n) is 2.76. The van der Waals surface area contributed by atoms with Crippen LogP contribution in [0.5, 0.6) is 0 Å². The summed E-state index contributed by atoms with van der Waals surface area (Å²) >= 11 is 1.31. The SMILES string of the molecule is Cc1nc(SCC(N)c2ccc(F)cc2F)oc1C. The van der Waals surface area contributed by atoms with Gasteiger partial charge in [-0.1, -0.05) is 17.8 Å². The van der Waals surface area contributed by atoms with Gasteiger partial charge in [-0.15, -0.1) is 0 Å². The van der Waals surface area contributed by atoms with Gasteiger partial charge >= 0.3 is 0 Å². The number of halogens is 2. The topological polar surface area (TPSA) is 52.0 Å². The lowest BCUT2D eigenvalue weighted by Gasteiger charge is -2.11. The maximum Gasteiger partial charge on any atom is 0.256 e. The van der Waals surface area contributed by atoms with Crippen LogP contribution in [0.2, 0.25) is 0 Å². The maximum absolute atomic E-state index is 13.5. The molecule has 0 aliphatic rings. The van der Waals surface area contributed by atoms with Gasteiger partial charge in [-0.05, 0) is 19.9 Å². The van der Waals surface area contributed by atoms with E-state index < -0.39 is 17.7 Å². The monoisotopic (exact) mass is 284 g/mol.